The summed E-state index contributed by atoms with van der Waals surface area (Å²) in [5.74, 6) is -0.312. The summed E-state index contributed by atoms with van der Waals surface area (Å²) in [6.07, 6.45) is -3.10. The highest BCUT2D eigenvalue weighted by Crippen LogP contribution is 2.39. The van der Waals surface area contributed by atoms with Crippen molar-refractivity contribution in [2.24, 2.45) is 0 Å². The minimum atomic E-state index is -4.69. The molecule has 110 valence electrons. The van der Waals surface area contributed by atoms with Crippen molar-refractivity contribution in [1.29, 1.82) is 0 Å². The fourth-order valence-electron chi connectivity index (χ4n) is 2.94. The number of likely N-dealkylation sites (tertiary alicyclic amines) is 1. The van der Waals surface area contributed by atoms with Crippen LogP contribution in [0.4, 0.5) is 13.2 Å². The first-order valence-electron chi connectivity index (χ1n) is 6.58. The Labute approximate surface area is 110 Å². The molecule has 2 unspecified atom stereocenters. The van der Waals surface area contributed by atoms with Crippen LogP contribution < -0.4 is 5.32 Å². The number of carbonyl (C=O) groups excluding carboxylic acids is 1. The maximum atomic E-state index is 12.7. The van der Waals surface area contributed by atoms with Crippen LogP contribution in [0, 0.1) is 0 Å². The topological polar surface area (TPSA) is 52.6 Å². The Hall–Kier alpha value is -0.820. The lowest BCUT2D eigenvalue weighted by Crippen LogP contribution is -2.56. The molecule has 0 aromatic rings. The minimum absolute atomic E-state index is 0.0434. The molecule has 2 fully saturated rings. The zero-order valence-corrected chi connectivity index (χ0v) is 10.9. The molecule has 0 aromatic heterocycles. The highest BCUT2D eigenvalue weighted by Gasteiger charge is 2.59. The summed E-state index contributed by atoms with van der Waals surface area (Å²) in [5, 5.41) is 12.7. The number of hydrogen-bond acceptors (Lipinski definition) is 3. The van der Waals surface area contributed by atoms with Crippen LogP contribution in [0.15, 0.2) is 0 Å². The zero-order chi connectivity index (χ0) is 14.3. The van der Waals surface area contributed by atoms with E-state index in [4.69, 9.17) is 0 Å². The van der Waals surface area contributed by atoms with E-state index < -0.39 is 30.3 Å². The number of nitrogens with one attached hydrogen (secondary N) is 1. The second-order valence-electron chi connectivity index (χ2n) is 5.47. The summed E-state index contributed by atoms with van der Waals surface area (Å²) in [4.78, 5) is 13.5. The molecule has 4 nitrogen and oxygen atoms in total. The molecular weight excluding hydrogens is 261 g/mol. The predicted molar refractivity (Wildman–Crippen MR) is 62.5 cm³/mol. The second kappa shape index (κ2) is 4.63. The second-order valence-corrected chi connectivity index (χ2v) is 5.47. The molecule has 0 saturated carbocycles. The fraction of sp³-hybridized carbons (Fsp3) is 0.917. The van der Waals surface area contributed by atoms with E-state index in [9.17, 15) is 23.1 Å². The molecule has 2 aliphatic rings. The van der Waals surface area contributed by atoms with E-state index in [0.717, 1.165) is 11.3 Å². The summed E-state index contributed by atoms with van der Waals surface area (Å²) in [6, 6.07) is 0. The number of alkyl halides is 3. The molecule has 0 bridgehead atoms. The number of hydrogen-bond donors (Lipinski definition) is 2. The highest BCUT2D eigenvalue weighted by molar-refractivity contribution is 5.87. The van der Waals surface area contributed by atoms with Crippen molar-refractivity contribution in [3.05, 3.63) is 0 Å². The average Bonchev–Trinajstić information content (AvgIpc) is 2.95. The molecule has 0 radical (unpaired) electrons. The molecule has 2 heterocycles. The Kier molecular flexibility index (Phi) is 3.55. The predicted octanol–water partition coefficient (Wildman–Crippen LogP) is 1.04. The normalized spacial score (nSPS) is 35.9. The van der Waals surface area contributed by atoms with Gasteiger partial charge in [0.25, 0.3) is 0 Å². The Morgan fingerprint density at radius 1 is 1.42 bits per heavy atom. The van der Waals surface area contributed by atoms with E-state index in [1.165, 1.54) is 0 Å². The molecule has 2 N–H and O–H groups in total. The molecule has 2 aliphatic heterocycles. The summed E-state index contributed by atoms with van der Waals surface area (Å²) >= 11 is 0. The van der Waals surface area contributed by atoms with Gasteiger partial charge in [0.05, 0.1) is 12.1 Å². The number of nitrogens with zero attached hydrogens (tertiary/aromatic N) is 1. The Morgan fingerprint density at radius 2 is 2.11 bits per heavy atom. The number of amides is 1. The van der Waals surface area contributed by atoms with Gasteiger partial charge < -0.3 is 15.3 Å². The number of aliphatic hydroxyl groups is 1. The van der Waals surface area contributed by atoms with Crippen molar-refractivity contribution in [2.75, 3.05) is 19.6 Å². The summed E-state index contributed by atoms with van der Waals surface area (Å²) < 4.78 is 38.2. The van der Waals surface area contributed by atoms with Gasteiger partial charge in [0.2, 0.25) is 5.91 Å². The number of rotatable bonds is 2. The van der Waals surface area contributed by atoms with Gasteiger partial charge in [0.1, 0.15) is 0 Å². The van der Waals surface area contributed by atoms with Crippen LogP contribution in [-0.4, -0.2) is 52.9 Å². The average molecular weight is 280 g/mol. The largest absolute Gasteiger partial charge is 0.419 e. The first-order chi connectivity index (χ1) is 8.74. The van der Waals surface area contributed by atoms with E-state index in [-0.39, 0.29) is 12.5 Å². The monoisotopic (exact) mass is 280 g/mol. The zero-order valence-electron chi connectivity index (χ0n) is 10.9. The van der Waals surface area contributed by atoms with Crippen molar-refractivity contribution in [1.82, 2.24) is 10.2 Å². The SMILES string of the molecule is CCC1(C(=O)N2CCC(O)(C(F)(F)F)C2)CCCN1. The van der Waals surface area contributed by atoms with Gasteiger partial charge in [-0.1, -0.05) is 6.92 Å². The van der Waals surface area contributed by atoms with Crippen LogP contribution >= 0.6 is 0 Å². The maximum Gasteiger partial charge on any atom is 0.419 e. The van der Waals surface area contributed by atoms with Crippen LogP contribution in [0.1, 0.15) is 32.6 Å². The Balaban J connectivity index is 2.11. The van der Waals surface area contributed by atoms with Crippen LogP contribution in [0.5, 0.6) is 0 Å². The van der Waals surface area contributed by atoms with E-state index >= 15 is 0 Å². The van der Waals surface area contributed by atoms with Crippen molar-refractivity contribution in [2.45, 2.75) is 49.9 Å². The van der Waals surface area contributed by atoms with E-state index in [2.05, 4.69) is 5.32 Å². The molecule has 7 heteroatoms. The molecule has 2 saturated heterocycles. The summed E-state index contributed by atoms with van der Waals surface area (Å²) in [7, 11) is 0. The van der Waals surface area contributed by atoms with Crippen molar-refractivity contribution >= 4 is 5.91 Å². The van der Waals surface area contributed by atoms with Crippen LogP contribution in [0.25, 0.3) is 0 Å². The van der Waals surface area contributed by atoms with Gasteiger partial charge in [-0.2, -0.15) is 13.2 Å². The first-order valence-corrected chi connectivity index (χ1v) is 6.58. The first kappa shape index (κ1) is 14.6. The van der Waals surface area contributed by atoms with E-state index in [1.807, 2.05) is 6.92 Å². The fourth-order valence-corrected chi connectivity index (χ4v) is 2.94. The summed E-state index contributed by atoms with van der Waals surface area (Å²) in [6.45, 7) is 1.86. The third-order valence-electron chi connectivity index (χ3n) is 4.32. The number of β-amino-alcohol motifs (C(OH)–C–C–N with tert-alkyl or cyclic N) is 1. The molecule has 1 amide bonds. The molecular formula is C12H19F3N2O2. The van der Waals surface area contributed by atoms with Crippen LogP contribution in [0.3, 0.4) is 0 Å². The quantitative estimate of drug-likeness (QED) is 0.795. The Morgan fingerprint density at radius 3 is 2.53 bits per heavy atom. The summed E-state index contributed by atoms with van der Waals surface area (Å²) in [5.41, 5.74) is -3.49. The lowest BCUT2D eigenvalue weighted by Gasteiger charge is -2.33. The molecule has 0 aliphatic carbocycles. The third-order valence-corrected chi connectivity index (χ3v) is 4.32. The van der Waals surface area contributed by atoms with E-state index in [1.54, 1.807) is 0 Å². The lowest BCUT2D eigenvalue weighted by molar-refractivity contribution is -0.253. The highest BCUT2D eigenvalue weighted by atomic mass is 19.4. The van der Waals surface area contributed by atoms with Gasteiger partial charge in [-0.15, -0.1) is 0 Å². The Bertz CT molecular complexity index is 366. The van der Waals surface area contributed by atoms with Gasteiger partial charge in [-0.3, -0.25) is 4.79 Å². The molecule has 19 heavy (non-hydrogen) atoms. The molecule has 2 rings (SSSR count). The van der Waals surface area contributed by atoms with E-state index in [0.29, 0.717) is 19.4 Å². The van der Waals surface area contributed by atoms with Crippen LogP contribution in [-0.2, 0) is 4.79 Å². The van der Waals surface area contributed by atoms with Crippen molar-refractivity contribution in [3.63, 3.8) is 0 Å². The standard InChI is InChI=1S/C12H19F3N2O2/c1-2-10(4-3-6-16-10)9(18)17-7-5-11(19,8-17)12(13,14)15/h16,19H,2-8H2,1H3. The molecule has 0 aromatic carbocycles. The third kappa shape index (κ3) is 2.33. The van der Waals surface area contributed by atoms with Gasteiger partial charge >= 0.3 is 6.18 Å². The lowest BCUT2D eigenvalue weighted by atomic mass is 9.92. The molecule has 2 atom stereocenters. The van der Waals surface area contributed by atoms with Gasteiger partial charge in [0, 0.05) is 13.0 Å². The van der Waals surface area contributed by atoms with Crippen molar-refractivity contribution in [3.8, 4) is 0 Å². The van der Waals surface area contributed by atoms with Gasteiger partial charge in [0.15, 0.2) is 5.60 Å². The smallest absolute Gasteiger partial charge is 0.379 e. The molecule has 0 spiro atoms. The number of halogens is 3. The van der Waals surface area contributed by atoms with Gasteiger partial charge in [-0.05, 0) is 25.8 Å². The van der Waals surface area contributed by atoms with Gasteiger partial charge in [-0.25, -0.2) is 0 Å². The number of carbonyl (C=O) groups is 1. The maximum absolute atomic E-state index is 12.7. The minimum Gasteiger partial charge on any atom is -0.379 e. The van der Waals surface area contributed by atoms with Crippen molar-refractivity contribution < 1.29 is 23.1 Å². The van der Waals surface area contributed by atoms with Crippen LogP contribution in [0.2, 0.25) is 0 Å².